The van der Waals surface area contributed by atoms with Crippen LogP contribution < -0.4 is 10.1 Å². The van der Waals surface area contributed by atoms with Gasteiger partial charge < -0.3 is 10.1 Å². The number of rotatable bonds is 8. The van der Waals surface area contributed by atoms with E-state index in [-0.39, 0.29) is 18.2 Å². The summed E-state index contributed by atoms with van der Waals surface area (Å²) in [5, 5.41) is 18.5. The third kappa shape index (κ3) is 5.06. The Morgan fingerprint density at radius 3 is 2.77 bits per heavy atom. The van der Waals surface area contributed by atoms with Gasteiger partial charge in [0.2, 0.25) is 11.7 Å². The molecule has 136 valence electrons. The molecule has 0 spiro atoms. The predicted molar refractivity (Wildman–Crippen MR) is 90.9 cm³/mol. The number of halogens is 2. The summed E-state index contributed by atoms with van der Waals surface area (Å²) in [5.74, 6) is 0.341. The van der Waals surface area contributed by atoms with Crippen LogP contribution >= 0.6 is 11.3 Å². The third-order valence-corrected chi connectivity index (χ3v) is 4.08. The predicted octanol–water partition coefficient (Wildman–Crippen LogP) is 2.36. The van der Waals surface area contributed by atoms with Gasteiger partial charge in [-0.2, -0.15) is 24.9 Å². The highest BCUT2D eigenvalue weighted by Crippen LogP contribution is 2.16. The lowest BCUT2D eigenvalue weighted by atomic mass is 10.1. The molecule has 1 amide bonds. The standard InChI is InChI=1S/C16H15F2N5O2S/c17-16(18)25-13-3-1-11(2-4-13)5-7-19-14(24)9-23-21-15(20-22-23)12-6-8-26-10-12/h1-4,6,8,10,16H,5,7,9H2,(H,19,24). The van der Waals surface area contributed by atoms with Crippen molar-refractivity contribution in [3.8, 4) is 17.1 Å². The molecule has 0 radical (unpaired) electrons. The number of amides is 1. The Labute approximate surface area is 151 Å². The molecule has 26 heavy (non-hydrogen) atoms. The zero-order valence-corrected chi connectivity index (χ0v) is 14.3. The van der Waals surface area contributed by atoms with E-state index >= 15 is 0 Å². The number of carbonyl (C=O) groups excluding carboxylic acids is 1. The summed E-state index contributed by atoms with van der Waals surface area (Å²) in [6.45, 7) is -2.47. The third-order valence-electron chi connectivity index (χ3n) is 3.40. The summed E-state index contributed by atoms with van der Waals surface area (Å²) in [7, 11) is 0. The van der Waals surface area contributed by atoms with Crippen LogP contribution in [0.4, 0.5) is 8.78 Å². The Hall–Kier alpha value is -2.88. The SMILES string of the molecule is O=C(Cn1nnc(-c2ccsc2)n1)NCCc1ccc(OC(F)F)cc1. The molecule has 0 saturated carbocycles. The van der Waals surface area contributed by atoms with Gasteiger partial charge in [0.1, 0.15) is 12.3 Å². The average Bonchev–Trinajstić information content (AvgIpc) is 3.27. The lowest BCUT2D eigenvalue weighted by Gasteiger charge is -2.07. The second kappa shape index (κ2) is 8.48. The number of nitrogens with one attached hydrogen (secondary N) is 1. The number of thiophene rings is 1. The maximum Gasteiger partial charge on any atom is 0.387 e. The van der Waals surface area contributed by atoms with Crippen LogP contribution in [-0.2, 0) is 17.8 Å². The number of benzene rings is 1. The van der Waals surface area contributed by atoms with Crippen LogP contribution in [0.3, 0.4) is 0 Å². The van der Waals surface area contributed by atoms with Crippen LogP contribution in [0, 0.1) is 0 Å². The summed E-state index contributed by atoms with van der Waals surface area (Å²) >= 11 is 1.53. The van der Waals surface area contributed by atoms with Crippen molar-refractivity contribution in [2.75, 3.05) is 6.54 Å². The number of nitrogens with zero attached hydrogens (tertiary/aromatic N) is 4. The summed E-state index contributed by atoms with van der Waals surface area (Å²) in [5.41, 5.74) is 1.76. The zero-order chi connectivity index (χ0) is 18.4. The van der Waals surface area contributed by atoms with E-state index in [0.29, 0.717) is 18.8 Å². The highest BCUT2D eigenvalue weighted by molar-refractivity contribution is 7.08. The van der Waals surface area contributed by atoms with Gasteiger partial charge in [0.25, 0.3) is 0 Å². The molecule has 0 aliphatic rings. The van der Waals surface area contributed by atoms with E-state index in [9.17, 15) is 13.6 Å². The zero-order valence-electron chi connectivity index (χ0n) is 13.5. The normalized spacial score (nSPS) is 10.9. The van der Waals surface area contributed by atoms with E-state index in [1.54, 1.807) is 12.1 Å². The van der Waals surface area contributed by atoms with Gasteiger partial charge in [-0.25, -0.2) is 0 Å². The molecule has 0 aliphatic carbocycles. The maximum absolute atomic E-state index is 12.1. The van der Waals surface area contributed by atoms with Crippen molar-refractivity contribution in [2.24, 2.45) is 0 Å². The van der Waals surface area contributed by atoms with Crippen molar-refractivity contribution in [1.29, 1.82) is 0 Å². The molecular weight excluding hydrogens is 364 g/mol. The molecule has 7 nitrogen and oxygen atoms in total. The first-order chi connectivity index (χ1) is 12.6. The minimum Gasteiger partial charge on any atom is -0.435 e. The Morgan fingerprint density at radius 1 is 1.27 bits per heavy atom. The highest BCUT2D eigenvalue weighted by atomic mass is 32.1. The molecule has 2 aromatic heterocycles. The maximum atomic E-state index is 12.1. The molecule has 2 heterocycles. The Kier molecular flexibility index (Phi) is 5.84. The van der Waals surface area contributed by atoms with Gasteiger partial charge in [0, 0.05) is 17.5 Å². The number of ether oxygens (including phenoxy) is 1. The molecular formula is C16H15F2N5O2S. The first kappa shape index (κ1) is 17.9. The minimum atomic E-state index is -2.84. The van der Waals surface area contributed by atoms with Gasteiger partial charge in [-0.3, -0.25) is 4.79 Å². The number of aromatic nitrogens is 4. The smallest absolute Gasteiger partial charge is 0.387 e. The Bertz CT molecular complexity index is 837. The van der Waals surface area contributed by atoms with Crippen LogP contribution in [-0.4, -0.2) is 39.3 Å². The average molecular weight is 379 g/mol. The van der Waals surface area contributed by atoms with Gasteiger partial charge in [-0.1, -0.05) is 12.1 Å². The molecule has 1 aromatic carbocycles. The lowest BCUT2D eigenvalue weighted by molar-refractivity contribution is -0.122. The first-order valence-corrected chi connectivity index (χ1v) is 8.65. The Balaban J connectivity index is 1.43. The monoisotopic (exact) mass is 379 g/mol. The van der Waals surface area contributed by atoms with Crippen molar-refractivity contribution in [1.82, 2.24) is 25.5 Å². The quantitative estimate of drug-likeness (QED) is 0.650. The number of hydrogen-bond donors (Lipinski definition) is 1. The molecule has 3 aromatic rings. The van der Waals surface area contributed by atoms with Crippen LogP contribution in [0.15, 0.2) is 41.1 Å². The molecule has 10 heteroatoms. The summed E-state index contributed by atoms with van der Waals surface area (Å²) in [6.07, 6.45) is 0.561. The first-order valence-electron chi connectivity index (χ1n) is 7.71. The fraction of sp³-hybridized carbons (Fsp3) is 0.250. The summed E-state index contributed by atoms with van der Waals surface area (Å²) in [6, 6.07) is 8.17. The van der Waals surface area contributed by atoms with Crippen molar-refractivity contribution in [2.45, 2.75) is 19.6 Å². The van der Waals surface area contributed by atoms with Gasteiger partial charge >= 0.3 is 6.61 Å². The number of alkyl halides is 2. The highest BCUT2D eigenvalue weighted by Gasteiger charge is 2.09. The molecule has 0 unspecified atom stereocenters. The van der Waals surface area contributed by atoms with Gasteiger partial charge in [0.15, 0.2) is 0 Å². The van der Waals surface area contributed by atoms with Crippen LogP contribution in [0.2, 0.25) is 0 Å². The van der Waals surface area contributed by atoms with Gasteiger partial charge in [0.05, 0.1) is 0 Å². The van der Waals surface area contributed by atoms with Gasteiger partial charge in [-0.15, -0.1) is 10.2 Å². The second-order valence-corrected chi connectivity index (χ2v) is 6.06. The van der Waals surface area contributed by atoms with E-state index in [1.165, 1.54) is 28.3 Å². The van der Waals surface area contributed by atoms with E-state index < -0.39 is 6.61 Å². The van der Waals surface area contributed by atoms with E-state index in [4.69, 9.17) is 0 Å². The van der Waals surface area contributed by atoms with E-state index in [0.717, 1.165) is 11.1 Å². The van der Waals surface area contributed by atoms with Crippen LogP contribution in [0.25, 0.3) is 11.4 Å². The molecule has 1 N–H and O–H groups in total. The molecule has 3 rings (SSSR count). The lowest BCUT2D eigenvalue weighted by Crippen LogP contribution is -2.30. The van der Waals surface area contributed by atoms with Crippen molar-refractivity contribution < 1.29 is 18.3 Å². The van der Waals surface area contributed by atoms with E-state index in [1.807, 2.05) is 16.8 Å². The molecule has 0 fully saturated rings. The fourth-order valence-electron chi connectivity index (χ4n) is 2.19. The van der Waals surface area contributed by atoms with Crippen molar-refractivity contribution >= 4 is 17.2 Å². The number of hydrogen-bond acceptors (Lipinski definition) is 6. The van der Waals surface area contributed by atoms with Crippen LogP contribution in [0.5, 0.6) is 5.75 Å². The molecule has 0 bridgehead atoms. The largest absolute Gasteiger partial charge is 0.435 e. The fourth-order valence-corrected chi connectivity index (χ4v) is 2.82. The summed E-state index contributed by atoms with van der Waals surface area (Å²) in [4.78, 5) is 13.2. The molecule has 0 atom stereocenters. The number of carbonyl (C=O) groups is 1. The number of tetrazole rings is 1. The topological polar surface area (TPSA) is 81.9 Å². The van der Waals surface area contributed by atoms with Crippen molar-refractivity contribution in [3.63, 3.8) is 0 Å². The molecule has 0 aliphatic heterocycles. The van der Waals surface area contributed by atoms with E-state index in [2.05, 4.69) is 25.5 Å². The second-order valence-electron chi connectivity index (χ2n) is 5.28. The minimum absolute atomic E-state index is 0.0295. The van der Waals surface area contributed by atoms with Crippen molar-refractivity contribution in [3.05, 3.63) is 46.7 Å². The summed E-state index contributed by atoms with van der Waals surface area (Å²) < 4.78 is 28.5. The van der Waals surface area contributed by atoms with Crippen LogP contribution in [0.1, 0.15) is 5.56 Å². The Morgan fingerprint density at radius 2 is 2.08 bits per heavy atom. The van der Waals surface area contributed by atoms with Gasteiger partial charge in [-0.05, 0) is 40.8 Å². The molecule has 0 saturated heterocycles.